The Morgan fingerprint density at radius 2 is 1.56 bits per heavy atom. The summed E-state index contributed by atoms with van der Waals surface area (Å²) in [5, 5.41) is 3.15. The number of carbonyl (C=O) groups is 1. The van der Waals surface area contributed by atoms with Crippen LogP contribution in [0.2, 0.25) is 0 Å². The maximum Gasteiger partial charge on any atom is 0.251 e. The minimum Gasteiger partial charge on any atom is -0.356 e. The Balaban J connectivity index is 1.99. The first-order valence-electron chi connectivity index (χ1n) is 9.35. The van der Waals surface area contributed by atoms with Crippen LogP contribution in [0.5, 0.6) is 0 Å². The predicted octanol–water partition coefficient (Wildman–Crippen LogP) is 5.51. The molecule has 0 heterocycles. The van der Waals surface area contributed by atoms with Crippen molar-refractivity contribution in [1.82, 2.24) is 0 Å². The van der Waals surface area contributed by atoms with Crippen molar-refractivity contribution in [2.75, 3.05) is 16.8 Å². The van der Waals surface area contributed by atoms with Gasteiger partial charge in [-0.25, -0.2) is 0 Å². The van der Waals surface area contributed by atoms with Crippen LogP contribution in [-0.2, 0) is 4.79 Å². The lowest BCUT2D eigenvalue weighted by molar-refractivity contribution is -0.117. The van der Waals surface area contributed by atoms with Crippen molar-refractivity contribution in [2.45, 2.75) is 26.8 Å². The molecule has 0 spiro atoms. The number of anilines is 2. The van der Waals surface area contributed by atoms with Crippen LogP contribution in [0.25, 0.3) is 0 Å². The minimum absolute atomic E-state index is 0.0272. The SMILES string of the molecule is CCN(c1ccccc1)[C@H](C(=O)Nc1cc(C)ccc1C)c1ccccc1. The molecule has 138 valence electrons. The average molecular weight is 358 g/mol. The highest BCUT2D eigenvalue weighted by molar-refractivity contribution is 5.98. The number of rotatable bonds is 6. The molecule has 0 radical (unpaired) electrons. The molecule has 3 heteroatoms. The molecule has 0 saturated carbocycles. The van der Waals surface area contributed by atoms with E-state index in [1.807, 2.05) is 86.6 Å². The summed E-state index contributed by atoms with van der Waals surface area (Å²) in [4.78, 5) is 15.5. The normalized spacial score (nSPS) is 11.7. The van der Waals surface area contributed by atoms with Gasteiger partial charge < -0.3 is 10.2 Å². The fourth-order valence-corrected chi connectivity index (χ4v) is 3.31. The Bertz CT molecular complexity index is 891. The molecular weight excluding hydrogens is 332 g/mol. The number of nitrogens with one attached hydrogen (secondary N) is 1. The van der Waals surface area contributed by atoms with Crippen molar-refractivity contribution in [3.8, 4) is 0 Å². The van der Waals surface area contributed by atoms with Crippen molar-refractivity contribution in [3.63, 3.8) is 0 Å². The van der Waals surface area contributed by atoms with E-state index in [9.17, 15) is 4.79 Å². The zero-order valence-corrected chi connectivity index (χ0v) is 16.1. The molecule has 3 rings (SSSR count). The average Bonchev–Trinajstić information content (AvgIpc) is 2.70. The van der Waals surface area contributed by atoms with E-state index in [-0.39, 0.29) is 5.91 Å². The van der Waals surface area contributed by atoms with E-state index < -0.39 is 6.04 Å². The van der Waals surface area contributed by atoms with Crippen LogP contribution in [0.4, 0.5) is 11.4 Å². The topological polar surface area (TPSA) is 32.3 Å². The molecule has 0 aliphatic carbocycles. The summed E-state index contributed by atoms with van der Waals surface area (Å²) in [6.07, 6.45) is 0. The molecule has 3 aromatic carbocycles. The third kappa shape index (κ3) is 4.37. The molecule has 0 fully saturated rings. The smallest absolute Gasteiger partial charge is 0.251 e. The third-order valence-electron chi connectivity index (χ3n) is 4.75. The van der Waals surface area contributed by atoms with E-state index in [4.69, 9.17) is 0 Å². The van der Waals surface area contributed by atoms with Crippen LogP contribution in [0.15, 0.2) is 78.9 Å². The molecule has 1 N–H and O–H groups in total. The van der Waals surface area contributed by atoms with Crippen LogP contribution in [-0.4, -0.2) is 12.5 Å². The highest BCUT2D eigenvalue weighted by Crippen LogP contribution is 2.29. The van der Waals surface area contributed by atoms with Gasteiger partial charge in [0.05, 0.1) is 0 Å². The number of carbonyl (C=O) groups excluding carboxylic acids is 1. The second-order valence-electron chi connectivity index (χ2n) is 6.74. The van der Waals surface area contributed by atoms with Gasteiger partial charge in [0, 0.05) is 17.9 Å². The standard InChI is InChI=1S/C24H26N2O/c1-4-26(21-13-9-6-10-14-21)23(20-11-7-5-8-12-20)24(27)25-22-17-18(2)15-16-19(22)3/h5-17,23H,4H2,1-3H3,(H,25,27)/t23-/m0/s1. The lowest BCUT2D eigenvalue weighted by Gasteiger charge is -2.32. The first-order valence-corrected chi connectivity index (χ1v) is 9.35. The van der Waals surface area contributed by atoms with Gasteiger partial charge in [0.2, 0.25) is 0 Å². The van der Waals surface area contributed by atoms with Crippen LogP contribution in [0.3, 0.4) is 0 Å². The third-order valence-corrected chi connectivity index (χ3v) is 4.75. The molecule has 1 amide bonds. The second kappa shape index (κ2) is 8.54. The van der Waals surface area contributed by atoms with Gasteiger partial charge in [0.15, 0.2) is 0 Å². The number of likely N-dealkylation sites (N-methyl/N-ethyl adjacent to an activating group) is 1. The van der Waals surface area contributed by atoms with Gasteiger partial charge >= 0.3 is 0 Å². The summed E-state index contributed by atoms with van der Waals surface area (Å²) in [5.41, 5.74) is 5.06. The molecule has 3 aromatic rings. The molecule has 0 aromatic heterocycles. The lowest BCUT2D eigenvalue weighted by Crippen LogP contribution is -2.37. The summed E-state index contributed by atoms with van der Waals surface area (Å²) in [7, 11) is 0. The molecule has 27 heavy (non-hydrogen) atoms. The fraction of sp³-hybridized carbons (Fsp3) is 0.208. The van der Waals surface area contributed by atoms with Crippen LogP contribution < -0.4 is 10.2 Å². The maximum atomic E-state index is 13.4. The van der Waals surface area contributed by atoms with Gasteiger partial charge in [-0.3, -0.25) is 4.79 Å². The first kappa shape index (κ1) is 18.7. The van der Waals surface area contributed by atoms with Gasteiger partial charge in [0.25, 0.3) is 5.91 Å². The summed E-state index contributed by atoms with van der Waals surface area (Å²) >= 11 is 0. The highest BCUT2D eigenvalue weighted by atomic mass is 16.2. The van der Waals surface area contributed by atoms with Crippen molar-refractivity contribution >= 4 is 17.3 Å². The Kier molecular flexibility index (Phi) is 5.92. The quantitative estimate of drug-likeness (QED) is 0.630. The molecule has 1 atom stereocenters. The Morgan fingerprint density at radius 1 is 0.926 bits per heavy atom. The van der Waals surface area contributed by atoms with Gasteiger partial charge in [-0.15, -0.1) is 0 Å². The Labute approximate surface area is 161 Å². The number of aryl methyl sites for hydroxylation is 2. The molecule has 0 aliphatic rings. The molecule has 3 nitrogen and oxygen atoms in total. The molecule has 0 saturated heterocycles. The van der Waals surface area contributed by atoms with Crippen LogP contribution in [0, 0.1) is 13.8 Å². The zero-order chi connectivity index (χ0) is 19.2. The van der Waals surface area contributed by atoms with Crippen molar-refractivity contribution in [3.05, 3.63) is 95.6 Å². The number of hydrogen-bond acceptors (Lipinski definition) is 2. The van der Waals surface area contributed by atoms with Crippen LogP contribution in [0.1, 0.15) is 29.7 Å². The number of hydrogen-bond donors (Lipinski definition) is 1. The van der Waals surface area contributed by atoms with E-state index in [1.165, 1.54) is 0 Å². The second-order valence-corrected chi connectivity index (χ2v) is 6.74. The monoisotopic (exact) mass is 358 g/mol. The van der Waals surface area contributed by atoms with Gasteiger partial charge in [-0.05, 0) is 55.7 Å². The molecule has 0 bridgehead atoms. The van der Waals surface area contributed by atoms with E-state index in [1.54, 1.807) is 0 Å². The van der Waals surface area contributed by atoms with E-state index in [0.29, 0.717) is 0 Å². The molecule has 0 unspecified atom stereocenters. The summed E-state index contributed by atoms with van der Waals surface area (Å²) in [6.45, 7) is 6.85. The number of para-hydroxylation sites is 1. The zero-order valence-electron chi connectivity index (χ0n) is 16.1. The van der Waals surface area contributed by atoms with Crippen LogP contribution >= 0.6 is 0 Å². The number of nitrogens with zero attached hydrogens (tertiary/aromatic N) is 1. The van der Waals surface area contributed by atoms with Crippen molar-refractivity contribution in [2.24, 2.45) is 0 Å². The Hall–Kier alpha value is -3.07. The first-order chi connectivity index (χ1) is 13.1. The number of amides is 1. The summed E-state index contributed by atoms with van der Waals surface area (Å²) < 4.78 is 0. The van der Waals surface area contributed by atoms with Gasteiger partial charge in [-0.1, -0.05) is 60.7 Å². The largest absolute Gasteiger partial charge is 0.356 e. The predicted molar refractivity (Wildman–Crippen MR) is 113 cm³/mol. The van der Waals surface area contributed by atoms with Gasteiger partial charge in [-0.2, -0.15) is 0 Å². The van der Waals surface area contributed by atoms with Crippen molar-refractivity contribution < 1.29 is 4.79 Å². The fourth-order valence-electron chi connectivity index (χ4n) is 3.31. The van der Waals surface area contributed by atoms with E-state index >= 15 is 0 Å². The van der Waals surface area contributed by atoms with E-state index in [0.717, 1.165) is 34.6 Å². The van der Waals surface area contributed by atoms with Crippen molar-refractivity contribution in [1.29, 1.82) is 0 Å². The maximum absolute atomic E-state index is 13.4. The minimum atomic E-state index is -0.404. The van der Waals surface area contributed by atoms with E-state index in [2.05, 4.69) is 23.2 Å². The molecular formula is C24H26N2O. The number of benzene rings is 3. The summed E-state index contributed by atoms with van der Waals surface area (Å²) in [6, 6.07) is 25.8. The Morgan fingerprint density at radius 3 is 2.19 bits per heavy atom. The highest BCUT2D eigenvalue weighted by Gasteiger charge is 2.27. The summed E-state index contributed by atoms with van der Waals surface area (Å²) in [5.74, 6) is -0.0272. The molecule has 0 aliphatic heterocycles. The lowest BCUT2D eigenvalue weighted by atomic mass is 10.0. The van der Waals surface area contributed by atoms with Gasteiger partial charge in [0.1, 0.15) is 6.04 Å².